The molecular weight excluding hydrogens is 266 g/mol. The van der Waals surface area contributed by atoms with Gasteiger partial charge in [-0.1, -0.05) is 6.07 Å². The Bertz CT molecular complexity index is 630. The quantitative estimate of drug-likeness (QED) is 0.838. The molecule has 0 aliphatic rings. The van der Waals surface area contributed by atoms with Gasteiger partial charge in [0.2, 0.25) is 0 Å². The van der Waals surface area contributed by atoms with Crippen LogP contribution in [0.5, 0.6) is 0 Å². The minimum absolute atomic E-state index is 0.287. The van der Waals surface area contributed by atoms with Crippen LogP contribution in [0.15, 0.2) is 18.3 Å². The van der Waals surface area contributed by atoms with E-state index in [2.05, 4.69) is 29.2 Å². The normalized spacial score (nSPS) is 10.8. The van der Waals surface area contributed by atoms with Gasteiger partial charge in [-0.15, -0.1) is 0 Å². The van der Waals surface area contributed by atoms with E-state index in [1.54, 1.807) is 12.3 Å². The first kappa shape index (κ1) is 15.2. The molecule has 0 saturated heterocycles. The average Bonchev–Trinajstić information content (AvgIpc) is 2.75. The van der Waals surface area contributed by atoms with Gasteiger partial charge in [0.25, 0.3) is 5.91 Å². The topological polar surface area (TPSA) is 85.8 Å². The first-order chi connectivity index (χ1) is 10.0. The second-order valence-electron chi connectivity index (χ2n) is 4.98. The van der Waals surface area contributed by atoms with E-state index < -0.39 is 5.91 Å². The fourth-order valence-corrected chi connectivity index (χ4v) is 2.30. The smallest absolute Gasteiger partial charge is 0.267 e. The summed E-state index contributed by atoms with van der Waals surface area (Å²) in [5.41, 5.74) is 9.95. The molecule has 2 aromatic rings. The molecule has 0 aliphatic carbocycles. The number of hydrogen-bond donors (Lipinski definition) is 2. The Kier molecular flexibility index (Phi) is 4.70. The van der Waals surface area contributed by atoms with Crippen LogP contribution >= 0.6 is 0 Å². The summed E-state index contributed by atoms with van der Waals surface area (Å²) in [4.78, 5) is 15.0. The van der Waals surface area contributed by atoms with Gasteiger partial charge >= 0.3 is 0 Å². The first-order valence-corrected chi connectivity index (χ1v) is 7.01. The van der Waals surface area contributed by atoms with Crippen LogP contribution < -0.4 is 11.1 Å². The molecule has 3 N–H and O–H groups in total. The Morgan fingerprint density at radius 3 is 2.62 bits per heavy atom. The Balaban J connectivity index is 1.95. The number of nitrogens with two attached hydrogens (primary N) is 1. The molecule has 0 aliphatic heterocycles. The third-order valence-electron chi connectivity index (χ3n) is 3.54. The molecule has 2 aromatic heterocycles. The minimum Gasteiger partial charge on any atom is -0.364 e. The van der Waals surface area contributed by atoms with E-state index in [1.807, 2.05) is 17.7 Å². The second kappa shape index (κ2) is 6.49. The predicted molar refractivity (Wildman–Crippen MR) is 80.7 cm³/mol. The van der Waals surface area contributed by atoms with E-state index in [0.717, 1.165) is 24.3 Å². The molecule has 0 atom stereocenters. The molecule has 112 valence electrons. The van der Waals surface area contributed by atoms with Crippen LogP contribution in [0.1, 0.15) is 39.9 Å². The number of aryl methyl sites for hydroxylation is 2. The average molecular weight is 287 g/mol. The highest BCUT2D eigenvalue weighted by atomic mass is 16.1. The maximum Gasteiger partial charge on any atom is 0.267 e. The van der Waals surface area contributed by atoms with Crippen molar-refractivity contribution >= 4 is 5.91 Å². The Morgan fingerprint density at radius 1 is 1.33 bits per heavy atom. The fraction of sp³-hybridized carbons (Fsp3) is 0.400. The standard InChI is InChI=1S/C15H21N5O/c1-4-20-11(3)13(10(2)19-20)9-17-7-12-5-6-14(15(16)21)18-8-12/h5-6,8,17H,4,7,9H2,1-3H3,(H2,16,21). The summed E-state index contributed by atoms with van der Waals surface area (Å²) in [5, 5.41) is 7.87. The van der Waals surface area contributed by atoms with Crippen LogP contribution in [0.3, 0.4) is 0 Å². The zero-order valence-corrected chi connectivity index (χ0v) is 12.7. The number of amides is 1. The van der Waals surface area contributed by atoms with Crippen molar-refractivity contribution in [2.75, 3.05) is 0 Å². The number of carbonyl (C=O) groups is 1. The summed E-state index contributed by atoms with van der Waals surface area (Å²) in [6.07, 6.45) is 1.67. The van der Waals surface area contributed by atoms with Crippen molar-refractivity contribution in [1.82, 2.24) is 20.1 Å². The SMILES string of the molecule is CCn1nc(C)c(CNCc2ccc(C(N)=O)nc2)c1C. The number of primary amides is 1. The van der Waals surface area contributed by atoms with Crippen LogP contribution in [-0.2, 0) is 19.6 Å². The third kappa shape index (κ3) is 3.46. The number of aromatic nitrogens is 3. The first-order valence-electron chi connectivity index (χ1n) is 7.01. The zero-order valence-electron chi connectivity index (χ0n) is 12.7. The molecule has 0 saturated carbocycles. The molecule has 0 radical (unpaired) electrons. The molecule has 6 heteroatoms. The van der Waals surface area contributed by atoms with Gasteiger partial charge < -0.3 is 11.1 Å². The number of carbonyl (C=O) groups excluding carboxylic acids is 1. The van der Waals surface area contributed by atoms with Crippen LogP contribution in [0, 0.1) is 13.8 Å². The summed E-state index contributed by atoms with van der Waals surface area (Å²) in [5.74, 6) is -0.507. The number of nitrogens with one attached hydrogen (secondary N) is 1. The van der Waals surface area contributed by atoms with E-state index in [9.17, 15) is 4.79 Å². The lowest BCUT2D eigenvalue weighted by Crippen LogP contribution is -2.16. The van der Waals surface area contributed by atoms with Crippen molar-refractivity contribution in [2.24, 2.45) is 5.73 Å². The summed E-state index contributed by atoms with van der Waals surface area (Å²) < 4.78 is 2.01. The van der Waals surface area contributed by atoms with Crippen LogP contribution in [0.4, 0.5) is 0 Å². The highest BCUT2D eigenvalue weighted by molar-refractivity contribution is 5.90. The summed E-state index contributed by atoms with van der Waals surface area (Å²) in [6.45, 7) is 8.52. The lowest BCUT2D eigenvalue weighted by atomic mass is 10.2. The minimum atomic E-state index is -0.507. The van der Waals surface area contributed by atoms with Gasteiger partial charge in [0.1, 0.15) is 5.69 Å². The molecule has 6 nitrogen and oxygen atoms in total. The molecule has 0 fully saturated rings. The summed E-state index contributed by atoms with van der Waals surface area (Å²) >= 11 is 0. The molecule has 2 heterocycles. The van der Waals surface area contributed by atoms with Crippen LogP contribution in [-0.4, -0.2) is 20.7 Å². The largest absolute Gasteiger partial charge is 0.364 e. The highest BCUT2D eigenvalue weighted by Crippen LogP contribution is 2.12. The van der Waals surface area contributed by atoms with Gasteiger partial charge in [0.15, 0.2) is 0 Å². The molecule has 21 heavy (non-hydrogen) atoms. The monoisotopic (exact) mass is 287 g/mol. The van der Waals surface area contributed by atoms with Gasteiger partial charge in [-0.2, -0.15) is 5.10 Å². The van der Waals surface area contributed by atoms with Crippen molar-refractivity contribution < 1.29 is 4.79 Å². The number of hydrogen-bond acceptors (Lipinski definition) is 4. The molecule has 0 spiro atoms. The molecule has 2 rings (SSSR count). The molecule has 0 unspecified atom stereocenters. The van der Waals surface area contributed by atoms with Gasteiger partial charge in [-0.05, 0) is 32.4 Å². The van der Waals surface area contributed by atoms with Crippen molar-refractivity contribution in [3.63, 3.8) is 0 Å². The van der Waals surface area contributed by atoms with E-state index in [0.29, 0.717) is 6.54 Å². The van der Waals surface area contributed by atoms with Gasteiger partial charge in [0.05, 0.1) is 5.69 Å². The van der Waals surface area contributed by atoms with Gasteiger partial charge in [0, 0.05) is 37.1 Å². The molecule has 1 amide bonds. The Labute approximate surface area is 124 Å². The molecule has 0 bridgehead atoms. The molecule has 0 aromatic carbocycles. The number of nitrogens with zero attached hydrogens (tertiary/aromatic N) is 3. The Hall–Kier alpha value is -2.21. The van der Waals surface area contributed by atoms with Crippen molar-refractivity contribution in [2.45, 2.75) is 40.4 Å². The predicted octanol–water partition coefficient (Wildman–Crippen LogP) is 1.30. The van der Waals surface area contributed by atoms with Gasteiger partial charge in [-0.3, -0.25) is 14.5 Å². The van der Waals surface area contributed by atoms with Gasteiger partial charge in [-0.25, -0.2) is 0 Å². The summed E-state index contributed by atoms with van der Waals surface area (Å²) in [7, 11) is 0. The maximum absolute atomic E-state index is 11.0. The Morgan fingerprint density at radius 2 is 2.10 bits per heavy atom. The number of pyridine rings is 1. The van der Waals surface area contributed by atoms with E-state index in [1.165, 1.54) is 11.3 Å². The van der Waals surface area contributed by atoms with Crippen molar-refractivity contribution in [1.29, 1.82) is 0 Å². The van der Waals surface area contributed by atoms with Crippen LogP contribution in [0.2, 0.25) is 0 Å². The second-order valence-corrected chi connectivity index (χ2v) is 4.98. The third-order valence-corrected chi connectivity index (χ3v) is 3.54. The van der Waals surface area contributed by atoms with E-state index in [4.69, 9.17) is 5.73 Å². The summed E-state index contributed by atoms with van der Waals surface area (Å²) in [6, 6.07) is 3.50. The van der Waals surface area contributed by atoms with Crippen LogP contribution in [0.25, 0.3) is 0 Å². The maximum atomic E-state index is 11.0. The van der Waals surface area contributed by atoms with Crippen molar-refractivity contribution in [3.05, 3.63) is 46.5 Å². The lowest BCUT2D eigenvalue weighted by Gasteiger charge is -2.06. The zero-order chi connectivity index (χ0) is 15.4. The van der Waals surface area contributed by atoms with E-state index in [-0.39, 0.29) is 5.69 Å². The van der Waals surface area contributed by atoms with Crippen molar-refractivity contribution in [3.8, 4) is 0 Å². The van der Waals surface area contributed by atoms with E-state index >= 15 is 0 Å². The highest BCUT2D eigenvalue weighted by Gasteiger charge is 2.09. The fourth-order valence-electron chi connectivity index (χ4n) is 2.30. The molecular formula is C15H21N5O. The number of rotatable bonds is 6. The lowest BCUT2D eigenvalue weighted by molar-refractivity contribution is 0.0995.